The fraction of sp³-hybridized carbons (Fsp3) is 0.0928. The molecule has 4 aliphatic heterocycles. The van der Waals surface area contributed by atoms with Crippen molar-refractivity contribution in [2.24, 2.45) is 0 Å². The van der Waals surface area contributed by atoms with Gasteiger partial charge in [0.15, 0.2) is 0 Å². The number of benzene rings is 15. The Labute approximate surface area is 603 Å². The molecule has 0 fully saturated rings. The van der Waals surface area contributed by atoms with Crippen LogP contribution in [0, 0.1) is 0 Å². The van der Waals surface area contributed by atoms with Crippen molar-refractivity contribution in [3.8, 4) is 67.1 Å². The number of anilines is 9. The first-order valence-corrected chi connectivity index (χ1v) is 36.5. The molecule has 15 aromatic carbocycles. The lowest BCUT2D eigenvalue weighted by molar-refractivity contribution is 0.488. The van der Waals surface area contributed by atoms with Crippen molar-refractivity contribution in [3.63, 3.8) is 0 Å². The molecule has 2 aliphatic carbocycles. The highest BCUT2D eigenvalue weighted by molar-refractivity contribution is 7.02. The van der Waals surface area contributed by atoms with Gasteiger partial charge in [-0.05, 0) is 200 Å². The average Bonchev–Trinajstić information content (AvgIpc) is 1.18. The normalized spacial score (nSPS) is 14.2. The lowest BCUT2D eigenvalue weighted by Gasteiger charge is -2.46. The van der Waals surface area contributed by atoms with Crippen molar-refractivity contribution in [3.05, 3.63) is 355 Å². The van der Waals surface area contributed by atoms with Crippen molar-refractivity contribution >= 4 is 108 Å². The molecule has 21 rings (SSSR count). The number of hydrogen-bond acceptors (Lipinski definition) is 4. The molecule has 0 radical (unpaired) electrons. The molecule has 0 saturated heterocycles. The van der Waals surface area contributed by atoms with Gasteiger partial charge < -0.3 is 19.4 Å². The lowest BCUT2D eigenvalue weighted by atomic mass is 9.30. The second kappa shape index (κ2) is 21.9. The molecular formula is C97H71B2N3O. The third kappa shape index (κ3) is 8.50. The first-order valence-electron chi connectivity index (χ1n) is 36.5. The summed E-state index contributed by atoms with van der Waals surface area (Å²) in [7, 11) is 0. The summed E-state index contributed by atoms with van der Waals surface area (Å²) in [6, 6.07) is 122. The van der Waals surface area contributed by atoms with Gasteiger partial charge in [0, 0.05) is 62.4 Å². The second-order valence-corrected chi connectivity index (χ2v) is 31.0. The van der Waals surface area contributed by atoms with E-state index >= 15 is 0 Å². The fourth-order valence-corrected chi connectivity index (χ4v) is 18.9. The van der Waals surface area contributed by atoms with Gasteiger partial charge in [0.25, 0.3) is 13.4 Å². The maximum Gasteiger partial charge on any atom is 0.256 e. The summed E-state index contributed by atoms with van der Waals surface area (Å²) in [5.74, 6) is 1.71. The predicted octanol–water partition coefficient (Wildman–Crippen LogP) is 21.3. The second-order valence-electron chi connectivity index (χ2n) is 31.0. The Bertz CT molecular complexity index is 5970. The minimum Gasteiger partial charge on any atom is -0.458 e. The van der Waals surface area contributed by atoms with E-state index in [2.05, 4.69) is 378 Å². The van der Waals surface area contributed by atoms with E-state index in [1.807, 2.05) is 0 Å². The summed E-state index contributed by atoms with van der Waals surface area (Å²) in [6.07, 6.45) is 0. The first-order chi connectivity index (χ1) is 50.4. The van der Waals surface area contributed by atoms with Gasteiger partial charge in [0.2, 0.25) is 0 Å². The predicted molar refractivity (Wildman–Crippen MR) is 434 cm³/mol. The van der Waals surface area contributed by atoms with Crippen LogP contribution >= 0.6 is 0 Å². The van der Waals surface area contributed by atoms with Crippen LogP contribution in [-0.4, -0.2) is 13.4 Å². The molecule has 486 valence electrons. The van der Waals surface area contributed by atoms with Crippen LogP contribution in [0.2, 0.25) is 0 Å². The number of nitrogens with zero attached hydrogens (tertiary/aromatic N) is 3. The van der Waals surface area contributed by atoms with E-state index in [-0.39, 0.29) is 24.3 Å². The van der Waals surface area contributed by atoms with Gasteiger partial charge in [0.05, 0.1) is 16.8 Å². The van der Waals surface area contributed by atoms with Gasteiger partial charge in [-0.3, -0.25) is 0 Å². The monoisotopic (exact) mass is 1320 g/mol. The van der Waals surface area contributed by atoms with E-state index in [9.17, 15) is 0 Å². The average molecular weight is 1320 g/mol. The summed E-state index contributed by atoms with van der Waals surface area (Å²) >= 11 is 0. The summed E-state index contributed by atoms with van der Waals surface area (Å²) in [5, 5.41) is 2.25. The maximum atomic E-state index is 8.05. The molecule has 0 saturated carbocycles. The Hall–Kier alpha value is -12.1. The van der Waals surface area contributed by atoms with Gasteiger partial charge in [-0.15, -0.1) is 0 Å². The minimum atomic E-state index is -0.544. The summed E-state index contributed by atoms with van der Waals surface area (Å²) in [5.41, 5.74) is 36.8. The number of ether oxygens (including phenoxy) is 1. The molecule has 6 aliphatic rings. The van der Waals surface area contributed by atoms with Crippen LogP contribution in [-0.2, 0) is 16.2 Å². The molecule has 15 aromatic rings. The first kappa shape index (κ1) is 59.7. The van der Waals surface area contributed by atoms with Crippen LogP contribution in [0.1, 0.15) is 74.9 Å². The van der Waals surface area contributed by atoms with E-state index in [1.165, 1.54) is 111 Å². The van der Waals surface area contributed by atoms with E-state index in [4.69, 9.17) is 4.74 Å². The molecule has 4 nitrogen and oxygen atoms in total. The van der Waals surface area contributed by atoms with Crippen LogP contribution in [0.25, 0.3) is 66.4 Å². The van der Waals surface area contributed by atoms with E-state index < -0.39 is 5.41 Å². The zero-order chi connectivity index (χ0) is 68.8. The highest BCUT2D eigenvalue weighted by atomic mass is 16.5. The number of para-hydroxylation sites is 4. The third-order valence-electron chi connectivity index (χ3n) is 23.3. The molecule has 0 atom stereocenters. The van der Waals surface area contributed by atoms with Gasteiger partial charge >= 0.3 is 0 Å². The zero-order valence-electron chi connectivity index (χ0n) is 58.5. The van der Waals surface area contributed by atoms with Crippen LogP contribution in [0.3, 0.4) is 0 Å². The quantitative estimate of drug-likeness (QED) is 0.154. The van der Waals surface area contributed by atoms with Crippen molar-refractivity contribution in [1.29, 1.82) is 0 Å². The summed E-state index contributed by atoms with van der Waals surface area (Å²) in [6.45, 7) is 13.7. The van der Waals surface area contributed by atoms with Gasteiger partial charge in [-0.25, -0.2) is 0 Å². The Morgan fingerprint density at radius 2 is 0.748 bits per heavy atom. The summed E-state index contributed by atoms with van der Waals surface area (Å²) < 4.78 is 8.05. The Morgan fingerprint density at radius 3 is 1.31 bits per heavy atom. The Kier molecular flexibility index (Phi) is 12.7. The molecule has 4 heterocycles. The van der Waals surface area contributed by atoms with Crippen molar-refractivity contribution in [2.75, 3.05) is 14.7 Å². The van der Waals surface area contributed by atoms with Crippen molar-refractivity contribution < 1.29 is 4.74 Å². The highest BCUT2D eigenvalue weighted by Crippen LogP contribution is 2.65. The molecule has 0 aromatic heterocycles. The lowest BCUT2D eigenvalue weighted by Crippen LogP contribution is -2.64. The smallest absolute Gasteiger partial charge is 0.256 e. The largest absolute Gasteiger partial charge is 0.458 e. The van der Waals surface area contributed by atoms with E-state index in [0.29, 0.717) is 0 Å². The van der Waals surface area contributed by atoms with Crippen LogP contribution in [0.5, 0.6) is 11.5 Å². The molecule has 0 bridgehead atoms. The van der Waals surface area contributed by atoms with E-state index in [1.54, 1.807) is 0 Å². The minimum absolute atomic E-state index is 0.123. The highest BCUT2D eigenvalue weighted by Gasteiger charge is 2.54. The molecule has 0 unspecified atom stereocenters. The Balaban J connectivity index is 0.861. The number of rotatable bonds is 6. The molecule has 6 heteroatoms. The Morgan fingerprint density at radius 1 is 0.291 bits per heavy atom. The van der Waals surface area contributed by atoms with E-state index in [0.717, 1.165) is 84.0 Å². The topological polar surface area (TPSA) is 19.0 Å². The molecule has 103 heavy (non-hydrogen) atoms. The number of hydrogen-bond donors (Lipinski definition) is 0. The SMILES string of the molecule is CC(C)(C)c1cc(-c2ccccc2)c(N2c3ccccc3B3c4cc5c(cc4Oc4cc6cc(-c7cccc8c7C7(c9ccccc9-c9ccccc97)c7ccccc7-8)ccc6c2c43)N(c2ccccc2)c2cc(C(C)(C)C)cc3c2B5c2ccccc2N3c2ccccc2)c(-c2ccccc2)c1. The number of fused-ring (bicyclic) bond motifs is 20. The summed E-state index contributed by atoms with van der Waals surface area (Å²) in [4.78, 5) is 7.74. The molecule has 0 amide bonds. The standard InChI is InChI=1S/C97H71B2N3O/c1-95(2,3)64-54-74(60-30-11-7-12-31-60)93(75(55-64)61-32-13-8-14-33-61)102-84-49-28-26-47-80(84)99-82-58-81-85(101(67-36-17-10-18-37-67)87-57-65(96(4,5)6)56-86-91(87)98(81)79-46-25-27-48-83(79)100(86)66-34-15-9-16-35-66)59-88(82)103-89-53-63-52-62(50-51-69(63)94(102)92(89)99)68-41-29-42-73-72-40-21-24-45-78(72)97(90(68)73)76-43-22-19-38-70(76)71-39-20-23-44-77(71)97/h7-59H,1-6H3. The van der Waals surface area contributed by atoms with Crippen molar-refractivity contribution in [2.45, 2.75) is 57.8 Å². The zero-order valence-corrected chi connectivity index (χ0v) is 58.5. The van der Waals surface area contributed by atoms with Gasteiger partial charge in [0.1, 0.15) is 11.5 Å². The van der Waals surface area contributed by atoms with Crippen LogP contribution in [0.4, 0.5) is 51.2 Å². The maximum absolute atomic E-state index is 8.05. The van der Waals surface area contributed by atoms with Crippen molar-refractivity contribution in [1.82, 2.24) is 0 Å². The fourth-order valence-electron chi connectivity index (χ4n) is 18.9. The molecule has 1 spiro atoms. The molecular weight excluding hydrogens is 1240 g/mol. The molecule has 0 N–H and O–H groups in total. The van der Waals surface area contributed by atoms with Gasteiger partial charge in [-0.1, -0.05) is 284 Å². The van der Waals surface area contributed by atoms with Crippen LogP contribution in [0.15, 0.2) is 322 Å². The van der Waals surface area contributed by atoms with Gasteiger partial charge in [-0.2, -0.15) is 0 Å². The third-order valence-corrected chi connectivity index (χ3v) is 23.3. The van der Waals surface area contributed by atoms with Crippen LogP contribution < -0.4 is 52.2 Å².